The summed E-state index contributed by atoms with van der Waals surface area (Å²) in [6.45, 7) is 7.64. The number of nitrogens with zero attached hydrogens (tertiary/aromatic N) is 2. The molecule has 0 aromatic carbocycles. The summed E-state index contributed by atoms with van der Waals surface area (Å²) in [5, 5.41) is 3.76. The van der Waals surface area contributed by atoms with Crippen molar-refractivity contribution in [3.05, 3.63) is 0 Å². The number of hydrogen-bond donors (Lipinski definition) is 2. The minimum absolute atomic E-state index is 0.00798. The quantitative estimate of drug-likeness (QED) is 0.755. The normalized spacial score (nSPS) is 12.9. The first-order valence-corrected chi connectivity index (χ1v) is 9.38. The largest absolute Gasteiger partial charge is 0.382 e. The number of nitrogen functional groups attached to an aromatic ring is 1. The highest BCUT2D eigenvalue weighted by Gasteiger charge is 2.26. The molecule has 21 heavy (non-hydrogen) atoms. The summed E-state index contributed by atoms with van der Waals surface area (Å²) in [6.07, 6.45) is 0.559. The second-order valence-electron chi connectivity index (χ2n) is 6.30. The van der Waals surface area contributed by atoms with Gasteiger partial charge >= 0.3 is 0 Å². The number of rotatable bonds is 8. The molecule has 1 rings (SSSR count). The van der Waals surface area contributed by atoms with Crippen LogP contribution in [0.2, 0.25) is 0 Å². The first kappa shape index (κ1) is 18.2. The zero-order chi connectivity index (χ0) is 16.3. The Morgan fingerprint density at radius 3 is 2.52 bits per heavy atom. The Bertz CT molecular complexity index is 565. The third-order valence-electron chi connectivity index (χ3n) is 2.93. The summed E-state index contributed by atoms with van der Waals surface area (Å²) < 4.78 is 28.5. The zero-order valence-electron chi connectivity index (χ0n) is 13.4. The third-order valence-corrected chi connectivity index (χ3v) is 5.86. The molecule has 0 aliphatic carbocycles. The van der Waals surface area contributed by atoms with Gasteiger partial charge in [0, 0.05) is 13.1 Å². The molecule has 0 bridgehead atoms. The minimum Gasteiger partial charge on any atom is -0.382 e. The minimum atomic E-state index is -3.37. The van der Waals surface area contributed by atoms with Crippen molar-refractivity contribution in [3.8, 4) is 0 Å². The van der Waals surface area contributed by atoms with Gasteiger partial charge in [-0.3, -0.25) is 0 Å². The molecule has 1 aromatic rings. The van der Waals surface area contributed by atoms with Crippen LogP contribution in [0.15, 0.2) is 4.90 Å². The van der Waals surface area contributed by atoms with Gasteiger partial charge in [0.05, 0.1) is 5.75 Å². The number of aromatic nitrogens is 1. The molecule has 0 atom stereocenters. The maximum absolute atomic E-state index is 12.3. The van der Waals surface area contributed by atoms with Gasteiger partial charge in [-0.15, -0.1) is 0 Å². The molecule has 1 heterocycles. The van der Waals surface area contributed by atoms with E-state index in [1.807, 2.05) is 21.0 Å². The lowest BCUT2D eigenvalue weighted by Gasteiger charge is -2.28. The van der Waals surface area contributed by atoms with Gasteiger partial charge in [0.25, 0.3) is 0 Å². The Balaban J connectivity index is 2.92. The van der Waals surface area contributed by atoms with Crippen LogP contribution < -0.4 is 11.1 Å². The summed E-state index contributed by atoms with van der Waals surface area (Å²) in [7, 11) is 0.666. The topological polar surface area (TPSA) is 88.3 Å². The molecule has 0 fully saturated rings. The molecular formula is C13H26N4O2S2. The summed E-state index contributed by atoms with van der Waals surface area (Å²) in [6, 6.07) is 0. The van der Waals surface area contributed by atoms with Gasteiger partial charge in [-0.05, 0) is 37.5 Å². The van der Waals surface area contributed by atoms with E-state index in [1.165, 1.54) is 0 Å². The summed E-state index contributed by atoms with van der Waals surface area (Å²) in [5.74, 6) is 0.187. The fourth-order valence-electron chi connectivity index (χ4n) is 2.31. The Morgan fingerprint density at radius 2 is 2.00 bits per heavy atom. The van der Waals surface area contributed by atoms with Gasteiger partial charge in [-0.1, -0.05) is 20.8 Å². The van der Waals surface area contributed by atoms with E-state index in [-0.39, 0.29) is 21.9 Å². The molecule has 122 valence electrons. The van der Waals surface area contributed by atoms with Crippen LogP contribution in [0, 0.1) is 5.41 Å². The Kier molecular flexibility index (Phi) is 6.01. The monoisotopic (exact) mass is 334 g/mol. The molecule has 0 unspecified atom stereocenters. The van der Waals surface area contributed by atoms with E-state index in [1.54, 1.807) is 0 Å². The molecule has 0 aliphatic heterocycles. The second kappa shape index (κ2) is 6.93. The van der Waals surface area contributed by atoms with Crippen LogP contribution in [0.4, 0.5) is 10.8 Å². The number of sulfone groups is 1. The van der Waals surface area contributed by atoms with Crippen LogP contribution in [-0.2, 0) is 9.84 Å². The van der Waals surface area contributed by atoms with Crippen molar-refractivity contribution in [2.24, 2.45) is 5.41 Å². The molecule has 6 nitrogen and oxygen atoms in total. The molecule has 0 saturated heterocycles. The summed E-state index contributed by atoms with van der Waals surface area (Å²) in [5.41, 5.74) is 5.76. The number of hydrogen-bond acceptors (Lipinski definition) is 7. The zero-order valence-corrected chi connectivity index (χ0v) is 15.1. The van der Waals surface area contributed by atoms with E-state index >= 15 is 0 Å². The lowest BCUT2D eigenvalue weighted by Crippen LogP contribution is -2.34. The molecule has 1 aromatic heterocycles. The standard InChI is InChI=1S/C13H26N4O2S2/c1-6-7-21(18,19)10-11(14)16-20-12(10)15-8-13(2,3)9-17(4)5/h15H,6-9H2,1-5H3,(H2,14,16). The van der Waals surface area contributed by atoms with Crippen LogP contribution in [0.3, 0.4) is 0 Å². The Hall–Kier alpha value is -0.860. The summed E-state index contributed by atoms with van der Waals surface area (Å²) >= 11 is 1.11. The van der Waals surface area contributed by atoms with Crippen LogP contribution in [0.25, 0.3) is 0 Å². The second-order valence-corrected chi connectivity index (χ2v) is 9.12. The van der Waals surface area contributed by atoms with E-state index in [0.29, 0.717) is 18.0 Å². The average molecular weight is 335 g/mol. The maximum Gasteiger partial charge on any atom is 0.185 e. The highest BCUT2D eigenvalue weighted by Crippen LogP contribution is 2.33. The van der Waals surface area contributed by atoms with Gasteiger partial charge in [-0.2, -0.15) is 4.37 Å². The van der Waals surface area contributed by atoms with E-state index in [0.717, 1.165) is 18.1 Å². The first-order valence-electron chi connectivity index (χ1n) is 6.95. The van der Waals surface area contributed by atoms with Crippen molar-refractivity contribution in [3.63, 3.8) is 0 Å². The van der Waals surface area contributed by atoms with Crippen LogP contribution in [0.5, 0.6) is 0 Å². The van der Waals surface area contributed by atoms with Crippen molar-refractivity contribution >= 4 is 32.2 Å². The highest BCUT2D eigenvalue weighted by atomic mass is 32.2. The predicted octanol–water partition coefficient (Wildman–Crippen LogP) is 1.91. The van der Waals surface area contributed by atoms with Gasteiger partial charge in [0.15, 0.2) is 15.7 Å². The number of anilines is 2. The number of nitrogens with two attached hydrogens (primary N) is 1. The van der Waals surface area contributed by atoms with E-state index < -0.39 is 9.84 Å². The molecule has 0 saturated carbocycles. The van der Waals surface area contributed by atoms with Gasteiger partial charge < -0.3 is 16.0 Å². The first-order chi connectivity index (χ1) is 9.59. The van der Waals surface area contributed by atoms with Crippen molar-refractivity contribution in [2.75, 3.05) is 44.0 Å². The Labute approximate surface area is 131 Å². The molecule has 8 heteroatoms. The van der Waals surface area contributed by atoms with Gasteiger partial charge in [0.2, 0.25) is 0 Å². The van der Waals surface area contributed by atoms with Crippen molar-refractivity contribution in [1.82, 2.24) is 9.27 Å². The highest BCUT2D eigenvalue weighted by molar-refractivity contribution is 7.91. The lowest BCUT2D eigenvalue weighted by atomic mass is 9.93. The maximum atomic E-state index is 12.3. The number of nitrogens with one attached hydrogen (secondary N) is 1. The SMILES string of the molecule is CCCS(=O)(=O)c1c(N)nsc1NCC(C)(C)CN(C)C. The van der Waals surface area contributed by atoms with Crippen molar-refractivity contribution in [1.29, 1.82) is 0 Å². The predicted molar refractivity (Wildman–Crippen MR) is 89.7 cm³/mol. The van der Waals surface area contributed by atoms with Gasteiger partial charge in [-0.25, -0.2) is 8.42 Å². The molecular weight excluding hydrogens is 308 g/mol. The van der Waals surface area contributed by atoms with Crippen molar-refractivity contribution in [2.45, 2.75) is 32.1 Å². The van der Waals surface area contributed by atoms with Crippen LogP contribution in [0.1, 0.15) is 27.2 Å². The lowest BCUT2D eigenvalue weighted by molar-refractivity contribution is 0.254. The van der Waals surface area contributed by atoms with Gasteiger partial charge in [0.1, 0.15) is 9.90 Å². The van der Waals surface area contributed by atoms with E-state index in [9.17, 15) is 8.42 Å². The molecule has 0 radical (unpaired) electrons. The third kappa shape index (κ3) is 5.12. The van der Waals surface area contributed by atoms with E-state index in [4.69, 9.17) is 5.73 Å². The molecule has 0 amide bonds. The molecule has 3 N–H and O–H groups in total. The molecule has 0 spiro atoms. The fraction of sp³-hybridized carbons (Fsp3) is 0.769. The summed E-state index contributed by atoms with van der Waals surface area (Å²) in [4.78, 5) is 2.27. The Morgan fingerprint density at radius 1 is 1.38 bits per heavy atom. The van der Waals surface area contributed by atoms with Crippen molar-refractivity contribution < 1.29 is 8.42 Å². The smallest absolute Gasteiger partial charge is 0.185 e. The molecule has 0 aliphatic rings. The van der Waals surface area contributed by atoms with Crippen LogP contribution >= 0.6 is 11.5 Å². The van der Waals surface area contributed by atoms with Crippen LogP contribution in [-0.4, -0.2) is 50.6 Å². The fourth-order valence-corrected chi connectivity index (χ4v) is 4.93. The average Bonchev–Trinajstić information content (AvgIpc) is 2.67. The van der Waals surface area contributed by atoms with E-state index in [2.05, 4.69) is 28.4 Å².